The molecule has 1 unspecified atom stereocenters. The predicted octanol–water partition coefficient (Wildman–Crippen LogP) is 5.67. The molecule has 0 radical (unpaired) electrons. The van der Waals surface area contributed by atoms with Crippen LogP contribution in [0.2, 0.25) is 5.02 Å². The molecule has 0 spiro atoms. The Labute approximate surface area is 207 Å². The molecule has 0 bridgehead atoms. The van der Waals surface area contributed by atoms with Gasteiger partial charge in [-0.1, -0.05) is 17.7 Å². The molecule has 0 saturated heterocycles. The zero-order valence-electron chi connectivity index (χ0n) is 18.1. The molecule has 1 atom stereocenters. The van der Waals surface area contributed by atoms with Crippen molar-refractivity contribution in [3.05, 3.63) is 80.9 Å². The van der Waals surface area contributed by atoms with Crippen molar-refractivity contribution >= 4 is 51.3 Å². The molecule has 0 aliphatic carbocycles. The lowest BCUT2D eigenvalue weighted by molar-refractivity contribution is -0.117. The second kappa shape index (κ2) is 8.07. The molecule has 2 aliphatic heterocycles. The van der Waals surface area contributed by atoms with Gasteiger partial charge in [0.15, 0.2) is 34.4 Å². The number of halogens is 1. The first-order chi connectivity index (χ1) is 17.0. The first-order valence-corrected chi connectivity index (χ1v) is 11.7. The van der Waals surface area contributed by atoms with Crippen LogP contribution in [0.15, 0.2) is 69.7 Å². The Kier molecular flexibility index (Phi) is 4.98. The highest BCUT2D eigenvalue weighted by Crippen LogP contribution is 2.46. The molecule has 35 heavy (non-hydrogen) atoms. The Morgan fingerprint density at radius 1 is 1.17 bits per heavy atom. The number of ketones is 1. The summed E-state index contributed by atoms with van der Waals surface area (Å²) in [6.45, 7) is 0.0772. The quantitative estimate of drug-likeness (QED) is 0.346. The Morgan fingerprint density at radius 3 is 2.77 bits per heavy atom. The Hall–Kier alpha value is -3.95. The summed E-state index contributed by atoms with van der Waals surface area (Å²) >= 11 is 7.52. The minimum absolute atomic E-state index is 0.0518. The highest BCUT2D eigenvalue weighted by molar-refractivity contribution is 7.10. The van der Waals surface area contributed by atoms with Gasteiger partial charge >= 0.3 is 0 Å². The second-order valence-corrected chi connectivity index (χ2v) is 9.27. The highest BCUT2D eigenvalue weighted by atomic mass is 35.5. The normalized spacial score (nSPS) is 17.0. The number of fused-ring (bicyclic) bond motifs is 2. The molecular formula is C25H16ClNO7S. The van der Waals surface area contributed by atoms with Gasteiger partial charge in [-0.15, -0.1) is 11.3 Å². The minimum Gasteiger partial charge on any atom is -0.503 e. The molecule has 2 aliphatic rings. The van der Waals surface area contributed by atoms with Crippen LogP contribution in [0.4, 0.5) is 5.69 Å². The highest BCUT2D eigenvalue weighted by Gasteiger charge is 2.46. The van der Waals surface area contributed by atoms with Crippen molar-refractivity contribution in [1.29, 1.82) is 0 Å². The van der Waals surface area contributed by atoms with Gasteiger partial charge in [-0.25, -0.2) is 0 Å². The van der Waals surface area contributed by atoms with Crippen molar-refractivity contribution in [3.63, 3.8) is 0 Å². The lowest BCUT2D eigenvalue weighted by Gasteiger charge is -2.25. The summed E-state index contributed by atoms with van der Waals surface area (Å²) in [5.74, 6) is -0.629. The fourth-order valence-electron chi connectivity index (χ4n) is 4.34. The van der Waals surface area contributed by atoms with Crippen molar-refractivity contribution in [3.8, 4) is 17.2 Å². The molecule has 0 saturated carbocycles. The zero-order valence-corrected chi connectivity index (χ0v) is 19.7. The van der Waals surface area contributed by atoms with Crippen LogP contribution in [-0.4, -0.2) is 30.7 Å². The van der Waals surface area contributed by atoms with Gasteiger partial charge in [0.2, 0.25) is 12.6 Å². The van der Waals surface area contributed by atoms with E-state index in [0.29, 0.717) is 43.8 Å². The number of benzene rings is 2. The van der Waals surface area contributed by atoms with E-state index in [1.165, 1.54) is 29.4 Å². The third-order valence-corrected chi connectivity index (χ3v) is 7.03. The maximum absolute atomic E-state index is 13.7. The van der Waals surface area contributed by atoms with Gasteiger partial charge in [0, 0.05) is 33.1 Å². The number of ether oxygens (including phenoxy) is 3. The van der Waals surface area contributed by atoms with Crippen LogP contribution < -0.4 is 19.1 Å². The lowest BCUT2D eigenvalue weighted by Crippen LogP contribution is -2.30. The number of hydrogen-bond donors (Lipinski definition) is 1. The average molecular weight is 510 g/mol. The predicted molar refractivity (Wildman–Crippen MR) is 129 cm³/mol. The van der Waals surface area contributed by atoms with Crippen LogP contribution in [0.1, 0.15) is 21.5 Å². The van der Waals surface area contributed by atoms with Gasteiger partial charge in [-0.05, 0) is 35.7 Å². The molecule has 4 heterocycles. The summed E-state index contributed by atoms with van der Waals surface area (Å²) in [5, 5.41) is 13.7. The summed E-state index contributed by atoms with van der Waals surface area (Å²) in [4.78, 5) is 29.1. The van der Waals surface area contributed by atoms with E-state index in [4.69, 9.17) is 30.2 Å². The maximum Gasteiger partial charge on any atom is 0.294 e. The number of anilines is 1. The lowest BCUT2D eigenvalue weighted by atomic mass is 10.00. The number of thiophene rings is 1. The third kappa shape index (κ3) is 3.35. The topological polar surface area (TPSA) is 98.4 Å². The third-order valence-electron chi connectivity index (χ3n) is 5.89. The molecule has 2 aromatic carbocycles. The Bertz CT molecular complexity index is 1540. The SMILES string of the molecule is COc1cc(Cl)cc2cc(C(=O)C3=C(O)C(=O)N(c4ccc5c(c4)OCO5)C3c3cccs3)oc12. The number of carbonyl (C=O) groups is 2. The van der Waals surface area contributed by atoms with E-state index in [9.17, 15) is 14.7 Å². The number of hydrogen-bond acceptors (Lipinski definition) is 8. The van der Waals surface area contributed by atoms with Crippen molar-refractivity contribution in [2.45, 2.75) is 6.04 Å². The van der Waals surface area contributed by atoms with Gasteiger partial charge in [-0.2, -0.15) is 0 Å². The molecular weight excluding hydrogens is 494 g/mol. The first kappa shape index (κ1) is 21.6. The van der Waals surface area contributed by atoms with Crippen LogP contribution in [0, 0.1) is 0 Å². The number of amides is 1. The van der Waals surface area contributed by atoms with E-state index in [1.54, 1.807) is 36.4 Å². The van der Waals surface area contributed by atoms with Crippen LogP contribution in [0.25, 0.3) is 11.0 Å². The van der Waals surface area contributed by atoms with E-state index >= 15 is 0 Å². The van der Waals surface area contributed by atoms with Crippen molar-refractivity contribution in [2.24, 2.45) is 0 Å². The van der Waals surface area contributed by atoms with Crippen molar-refractivity contribution in [1.82, 2.24) is 0 Å². The summed E-state index contributed by atoms with van der Waals surface area (Å²) in [5.41, 5.74) is 0.703. The number of Topliss-reactive ketones (excluding diaryl/α,β-unsaturated/α-hetero) is 1. The van der Waals surface area contributed by atoms with Gasteiger partial charge in [0.1, 0.15) is 6.04 Å². The summed E-state index contributed by atoms with van der Waals surface area (Å²) in [6, 6.07) is 12.5. The summed E-state index contributed by atoms with van der Waals surface area (Å²) in [7, 11) is 1.47. The Morgan fingerprint density at radius 2 is 2.00 bits per heavy atom. The number of nitrogens with zero attached hydrogens (tertiary/aromatic N) is 1. The van der Waals surface area contributed by atoms with Crippen LogP contribution in [0.5, 0.6) is 17.2 Å². The Balaban J connectivity index is 1.47. The van der Waals surface area contributed by atoms with E-state index in [2.05, 4.69) is 0 Å². The van der Waals surface area contributed by atoms with Crippen molar-refractivity contribution in [2.75, 3.05) is 18.8 Å². The minimum atomic E-state index is -0.867. The molecule has 1 amide bonds. The summed E-state index contributed by atoms with van der Waals surface area (Å²) in [6.07, 6.45) is 0. The van der Waals surface area contributed by atoms with Gasteiger partial charge in [0.25, 0.3) is 5.91 Å². The molecule has 176 valence electrons. The standard InChI is InChI=1S/C25H16ClNO7S/c1-31-18-9-13(26)7-12-8-17(34-24(12)18)22(28)20-21(19-3-2-6-35-19)27(25(30)23(20)29)14-4-5-15-16(10-14)33-11-32-15/h2-10,21,29H,11H2,1H3. The molecule has 1 N–H and O–H groups in total. The largest absolute Gasteiger partial charge is 0.503 e. The molecule has 4 aromatic rings. The maximum atomic E-state index is 13.7. The second-order valence-electron chi connectivity index (χ2n) is 7.86. The van der Waals surface area contributed by atoms with Crippen LogP contribution >= 0.6 is 22.9 Å². The van der Waals surface area contributed by atoms with E-state index in [1.807, 2.05) is 11.4 Å². The molecule has 0 fully saturated rings. The number of furan rings is 1. The first-order valence-electron chi connectivity index (χ1n) is 10.5. The molecule has 6 rings (SSSR count). The van der Waals surface area contributed by atoms with E-state index < -0.39 is 23.5 Å². The van der Waals surface area contributed by atoms with Gasteiger partial charge in [0.05, 0.1) is 12.7 Å². The fourth-order valence-corrected chi connectivity index (χ4v) is 5.38. The monoisotopic (exact) mass is 509 g/mol. The number of aliphatic hydroxyl groups excluding tert-OH is 1. The van der Waals surface area contributed by atoms with Crippen molar-refractivity contribution < 1.29 is 33.3 Å². The smallest absolute Gasteiger partial charge is 0.294 e. The fraction of sp³-hybridized carbons (Fsp3) is 0.120. The zero-order chi connectivity index (χ0) is 24.3. The van der Waals surface area contributed by atoms with E-state index in [0.717, 1.165) is 0 Å². The molecule has 8 nitrogen and oxygen atoms in total. The number of methoxy groups -OCH3 is 1. The van der Waals surface area contributed by atoms with E-state index in [-0.39, 0.29) is 18.1 Å². The van der Waals surface area contributed by atoms with Crippen LogP contribution in [-0.2, 0) is 4.79 Å². The average Bonchev–Trinajstić information content (AvgIpc) is 3.64. The molecule has 10 heteroatoms. The number of rotatable bonds is 5. The number of carbonyl (C=O) groups excluding carboxylic acids is 2. The molecule has 2 aromatic heterocycles. The van der Waals surface area contributed by atoms with Crippen LogP contribution in [0.3, 0.4) is 0 Å². The summed E-state index contributed by atoms with van der Waals surface area (Å²) < 4.78 is 22.0. The number of aliphatic hydroxyl groups is 1. The van der Waals surface area contributed by atoms with Gasteiger partial charge in [-0.3, -0.25) is 14.5 Å². The van der Waals surface area contributed by atoms with Gasteiger partial charge < -0.3 is 23.7 Å².